The van der Waals surface area contributed by atoms with Crippen LogP contribution in [0.3, 0.4) is 0 Å². The zero-order valence-electron chi connectivity index (χ0n) is 8.19. The van der Waals surface area contributed by atoms with Crippen LogP contribution in [0.4, 0.5) is 0 Å². The summed E-state index contributed by atoms with van der Waals surface area (Å²) in [4.78, 5) is 11.4. The van der Waals surface area contributed by atoms with E-state index in [1.165, 1.54) is 6.20 Å². The van der Waals surface area contributed by atoms with Crippen LogP contribution in [0.2, 0.25) is 0 Å². The molecule has 6 heteroatoms. The van der Waals surface area contributed by atoms with Crippen molar-refractivity contribution in [2.24, 2.45) is 5.92 Å². The minimum absolute atomic E-state index is 0.0821. The molecule has 1 amide bonds. The number of aromatic nitrogens is 3. The van der Waals surface area contributed by atoms with Crippen LogP contribution in [0.15, 0.2) is 6.20 Å². The molecule has 1 atom stereocenters. The zero-order valence-corrected chi connectivity index (χ0v) is 8.19. The normalized spacial score (nSPS) is 12.9. The Labute approximate surface area is 81.7 Å². The third kappa shape index (κ3) is 2.53. The molecular weight excluding hydrogens is 184 g/mol. The SMILES string of the molecule is CC(C)C(CO)NC(=O)c1cn[nH]n1. The van der Waals surface area contributed by atoms with Gasteiger partial charge in [0.25, 0.3) is 5.91 Å². The molecule has 0 aromatic carbocycles. The molecule has 3 N–H and O–H groups in total. The quantitative estimate of drug-likeness (QED) is 0.611. The standard InChI is InChI=1S/C8H14N4O2/c1-5(2)7(4-13)10-8(14)6-3-9-12-11-6/h3,5,7,13H,4H2,1-2H3,(H,10,14)(H,9,11,12). The summed E-state index contributed by atoms with van der Waals surface area (Å²) >= 11 is 0. The number of amides is 1. The van der Waals surface area contributed by atoms with E-state index in [1.807, 2.05) is 13.8 Å². The molecule has 0 aliphatic rings. The number of hydrogen-bond donors (Lipinski definition) is 3. The number of aromatic amines is 1. The lowest BCUT2D eigenvalue weighted by molar-refractivity contribution is 0.0891. The number of carbonyl (C=O) groups is 1. The molecule has 78 valence electrons. The molecule has 0 aliphatic heterocycles. The molecule has 0 aliphatic carbocycles. The first kappa shape index (κ1) is 10.6. The Kier molecular flexibility index (Phi) is 3.58. The fraction of sp³-hybridized carbons (Fsp3) is 0.625. The van der Waals surface area contributed by atoms with Gasteiger partial charge in [0.2, 0.25) is 0 Å². The van der Waals surface area contributed by atoms with E-state index in [4.69, 9.17) is 5.11 Å². The largest absolute Gasteiger partial charge is 0.394 e. The summed E-state index contributed by atoms with van der Waals surface area (Å²) in [5.41, 5.74) is 0.226. The first-order valence-corrected chi connectivity index (χ1v) is 4.42. The Hall–Kier alpha value is -1.43. The van der Waals surface area contributed by atoms with E-state index in [9.17, 15) is 4.79 Å². The predicted molar refractivity (Wildman–Crippen MR) is 49.6 cm³/mol. The van der Waals surface area contributed by atoms with Gasteiger partial charge in [0, 0.05) is 0 Å². The highest BCUT2D eigenvalue weighted by Gasteiger charge is 2.17. The molecule has 0 radical (unpaired) electrons. The van der Waals surface area contributed by atoms with Crippen LogP contribution in [0.25, 0.3) is 0 Å². The first-order chi connectivity index (χ1) is 6.65. The second-order valence-electron chi connectivity index (χ2n) is 3.36. The van der Waals surface area contributed by atoms with Gasteiger partial charge in [0.05, 0.1) is 18.8 Å². The highest BCUT2D eigenvalue weighted by atomic mass is 16.3. The summed E-state index contributed by atoms with van der Waals surface area (Å²) in [5.74, 6) is -0.151. The first-order valence-electron chi connectivity index (χ1n) is 4.42. The van der Waals surface area contributed by atoms with Crippen LogP contribution in [0.5, 0.6) is 0 Å². The van der Waals surface area contributed by atoms with Crippen molar-refractivity contribution in [2.75, 3.05) is 6.61 Å². The highest BCUT2D eigenvalue weighted by Crippen LogP contribution is 2.01. The predicted octanol–water partition coefficient (Wildman–Crippen LogP) is -0.449. The topological polar surface area (TPSA) is 90.9 Å². The Morgan fingerprint density at radius 1 is 1.71 bits per heavy atom. The molecule has 1 heterocycles. The molecule has 0 fully saturated rings. The van der Waals surface area contributed by atoms with Crippen molar-refractivity contribution in [3.05, 3.63) is 11.9 Å². The van der Waals surface area contributed by atoms with Gasteiger partial charge in [-0.15, -0.1) is 0 Å². The molecule has 1 aromatic heterocycles. The zero-order chi connectivity index (χ0) is 10.6. The minimum atomic E-state index is -0.327. The van der Waals surface area contributed by atoms with Crippen molar-refractivity contribution in [3.63, 3.8) is 0 Å². The van der Waals surface area contributed by atoms with Crippen LogP contribution in [-0.4, -0.2) is 39.1 Å². The van der Waals surface area contributed by atoms with Gasteiger partial charge in [-0.3, -0.25) is 4.79 Å². The molecule has 6 nitrogen and oxygen atoms in total. The van der Waals surface area contributed by atoms with Crippen LogP contribution in [-0.2, 0) is 0 Å². The van der Waals surface area contributed by atoms with Gasteiger partial charge in [-0.05, 0) is 5.92 Å². The molecule has 1 rings (SSSR count). The van der Waals surface area contributed by atoms with E-state index in [0.29, 0.717) is 0 Å². The Balaban J connectivity index is 2.56. The third-order valence-electron chi connectivity index (χ3n) is 1.97. The number of nitrogens with one attached hydrogen (secondary N) is 2. The number of nitrogens with zero attached hydrogens (tertiary/aromatic N) is 2. The number of rotatable bonds is 4. The van der Waals surface area contributed by atoms with Crippen LogP contribution in [0, 0.1) is 5.92 Å². The summed E-state index contributed by atoms with van der Waals surface area (Å²) in [6.07, 6.45) is 1.34. The number of H-pyrrole nitrogens is 1. The smallest absolute Gasteiger partial charge is 0.273 e. The summed E-state index contributed by atoms with van der Waals surface area (Å²) in [6.45, 7) is 3.76. The van der Waals surface area contributed by atoms with Crippen molar-refractivity contribution in [2.45, 2.75) is 19.9 Å². The Bertz CT molecular complexity index is 284. The maximum atomic E-state index is 11.4. The number of aliphatic hydroxyl groups excluding tert-OH is 1. The monoisotopic (exact) mass is 198 g/mol. The van der Waals surface area contributed by atoms with Crippen molar-refractivity contribution in [3.8, 4) is 0 Å². The fourth-order valence-corrected chi connectivity index (χ4v) is 0.976. The minimum Gasteiger partial charge on any atom is -0.394 e. The summed E-state index contributed by atoms with van der Waals surface area (Å²) < 4.78 is 0. The summed E-state index contributed by atoms with van der Waals surface area (Å²) in [7, 11) is 0. The molecule has 1 aromatic rings. The van der Waals surface area contributed by atoms with Gasteiger partial charge in [0.15, 0.2) is 5.69 Å². The van der Waals surface area contributed by atoms with E-state index >= 15 is 0 Å². The molecule has 1 unspecified atom stereocenters. The van der Waals surface area contributed by atoms with E-state index in [0.717, 1.165) is 0 Å². The van der Waals surface area contributed by atoms with Crippen LogP contribution in [0.1, 0.15) is 24.3 Å². The fourth-order valence-electron chi connectivity index (χ4n) is 0.976. The van der Waals surface area contributed by atoms with Crippen molar-refractivity contribution in [1.82, 2.24) is 20.7 Å². The number of aliphatic hydroxyl groups is 1. The summed E-state index contributed by atoms with van der Waals surface area (Å²) in [6, 6.07) is -0.251. The van der Waals surface area contributed by atoms with Crippen LogP contribution < -0.4 is 5.32 Å². The van der Waals surface area contributed by atoms with Crippen molar-refractivity contribution >= 4 is 5.91 Å². The lowest BCUT2D eigenvalue weighted by Gasteiger charge is -2.18. The Morgan fingerprint density at radius 3 is 2.86 bits per heavy atom. The number of carbonyl (C=O) groups excluding carboxylic acids is 1. The van der Waals surface area contributed by atoms with E-state index in [1.54, 1.807) is 0 Å². The van der Waals surface area contributed by atoms with Gasteiger partial charge in [0.1, 0.15) is 0 Å². The van der Waals surface area contributed by atoms with Gasteiger partial charge in [-0.25, -0.2) is 0 Å². The molecule has 0 saturated carbocycles. The molecule has 0 spiro atoms. The second-order valence-corrected chi connectivity index (χ2v) is 3.36. The molecular formula is C8H14N4O2. The van der Waals surface area contributed by atoms with Gasteiger partial charge in [-0.2, -0.15) is 15.4 Å². The lowest BCUT2D eigenvalue weighted by atomic mass is 10.1. The van der Waals surface area contributed by atoms with Crippen LogP contribution >= 0.6 is 0 Å². The Morgan fingerprint density at radius 2 is 2.43 bits per heavy atom. The van der Waals surface area contributed by atoms with Gasteiger partial charge < -0.3 is 10.4 Å². The van der Waals surface area contributed by atoms with E-state index in [2.05, 4.69) is 20.7 Å². The molecule has 0 saturated heterocycles. The maximum absolute atomic E-state index is 11.4. The average Bonchev–Trinajstić information content (AvgIpc) is 2.65. The lowest BCUT2D eigenvalue weighted by Crippen LogP contribution is -2.41. The van der Waals surface area contributed by atoms with Crippen molar-refractivity contribution in [1.29, 1.82) is 0 Å². The summed E-state index contributed by atoms with van der Waals surface area (Å²) in [5, 5.41) is 21.1. The molecule has 0 bridgehead atoms. The van der Waals surface area contributed by atoms with E-state index in [-0.39, 0.29) is 30.2 Å². The number of hydrogen-bond acceptors (Lipinski definition) is 4. The second kappa shape index (κ2) is 4.71. The van der Waals surface area contributed by atoms with Gasteiger partial charge in [-0.1, -0.05) is 13.8 Å². The highest BCUT2D eigenvalue weighted by molar-refractivity contribution is 5.92. The maximum Gasteiger partial charge on any atom is 0.273 e. The van der Waals surface area contributed by atoms with E-state index < -0.39 is 0 Å². The van der Waals surface area contributed by atoms with Gasteiger partial charge >= 0.3 is 0 Å². The third-order valence-corrected chi connectivity index (χ3v) is 1.97. The average molecular weight is 198 g/mol. The van der Waals surface area contributed by atoms with Crippen molar-refractivity contribution < 1.29 is 9.90 Å². The molecule has 14 heavy (non-hydrogen) atoms.